The Hall–Kier alpha value is -0.570. The summed E-state index contributed by atoms with van der Waals surface area (Å²) < 4.78 is 49.7. The first-order valence-corrected chi connectivity index (χ1v) is 10.8. The zero-order valence-corrected chi connectivity index (χ0v) is 13.5. The maximum Gasteiger partial charge on any atom is 0.240 e. The zero-order chi connectivity index (χ0) is 14.8. The second-order valence-electron chi connectivity index (χ2n) is 4.80. The molecule has 0 spiro atoms. The molecule has 0 saturated carbocycles. The van der Waals surface area contributed by atoms with Crippen molar-refractivity contribution < 1.29 is 16.8 Å². The Morgan fingerprint density at radius 3 is 2.75 bits per heavy atom. The highest BCUT2D eigenvalue weighted by Gasteiger charge is 2.31. The van der Waals surface area contributed by atoms with Gasteiger partial charge < -0.3 is 0 Å². The summed E-state index contributed by atoms with van der Waals surface area (Å²) in [6.07, 6.45) is 2.29. The van der Waals surface area contributed by atoms with Gasteiger partial charge in [-0.1, -0.05) is 12.1 Å². The molecule has 1 atom stereocenters. The van der Waals surface area contributed by atoms with Gasteiger partial charge >= 0.3 is 0 Å². The van der Waals surface area contributed by atoms with E-state index >= 15 is 0 Å². The van der Waals surface area contributed by atoms with Gasteiger partial charge in [-0.3, -0.25) is 0 Å². The molecule has 112 valence electrons. The lowest BCUT2D eigenvalue weighted by molar-refractivity contribution is 0.562. The highest BCUT2D eigenvalue weighted by Crippen LogP contribution is 2.18. The molecular formula is C12H17NO4S3. The smallest absolute Gasteiger partial charge is 0.229 e. The van der Waals surface area contributed by atoms with Crippen molar-refractivity contribution in [1.82, 2.24) is 4.72 Å². The third-order valence-electron chi connectivity index (χ3n) is 3.07. The van der Waals surface area contributed by atoms with E-state index in [1.807, 2.05) is 12.3 Å². The average molecular weight is 335 g/mol. The quantitative estimate of drug-likeness (QED) is 0.869. The fourth-order valence-electron chi connectivity index (χ4n) is 2.14. The lowest BCUT2D eigenvalue weighted by Crippen LogP contribution is -2.35. The van der Waals surface area contributed by atoms with Gasteiger partial charge in [0, 0.05) is 11.8 Å². The number of sulfonamides is 1. The van der Waals surface area contributed by atoms with Crippen LogP contribution >= 0.6 is 11.8 Å². The van der Waals surface area contributed by atoms with Crippen LogP contribution in [0.5, 0.6) is 0 Å². The molecular weight excluding hydrogens is 318 g/mol. The van der Waals surface area contributed by atoms with Gasteiger partial charge in [0.2, 0.25) is 10.0 Å². The van der Waals surface area contributed by atoms with Crippen LogP contribution in [0.3, 0.4) is 0 Å². The summed E-state index contributed by atoms with van der Waals surface area (Å²) in [5, 5.41) is 0. The van der Waals surface area contributed by atoms with Gasteiger partial charge in [-0.15, -0.1) is 0 Å². The highest BCUT2D eigenvalue weighted by atomic mass is 32.2. The number of rotatable bonds is 5. The summed E-state index contributed by atoms with van der Waals surface area (Å²) in [6.45, 7) is 0. The first-order valence-electron chi connectivity index (χ1n) is 6.13. The number of nitrogens with one attached hydrogen (secondary N) is 1. The topological polar surface area (TPSA) is 80.3 Å². The normalized spacial score (nSPS) is 21.9. The van der Waals surface area contributed by atoms with Crippen LogP contribution in [0.4, 0.5) is 0 Å². The Kier molecular flexibility index (Phi) is 4.78. The van der Waals surface area contributed by atoms with Crippen LogP contribution in [-0.4, -0.2) is 40.6 Å². The molecule has 1 aliphatic heterocycles. The van der Waals surface area contributed by atoms with Crippen molar-refractivity contribution in [3.8, 4) is 0 Å². The van der Waals surface area contributed by atoms with E-state index < -0.39 is 25.9 Å². The Labute approximate surface area is 124 Å². The fourth-order valence-corrected chi connectivity index (χ4v) is 5.78. The molecule has 1 fully saturated rings. The fraction of sp³-hybridized carbons (Fsp3) is 0.500. The van der Waals surface area contributed by atoms with Gasteiger partial charge in [-0.25, -0.2) is 21.6 Å². The van der Waals surface area contributed by atoms with Crippen LogP contribution in [0.15, 0.2) is 29.2 Å². The molecule has 0 amide bonds. The van der Waals surface area contributed by atoms with Crippen LogP contribution in [0, 0.1) is 0 Å². The van der Waals surface area contributed by atoms with Crippen LogP contribution in [0.25, 0.3) is 0 Å². The molecule has 1 heterocycles. The minimum Gasteiger partial charge on any atom is -0.229 e. The summed E-state index contributed by atoms with van der Waals surface area (Å²) in [5.41, 5.74) is 0.930. The van der Waals surface area contributed by atoms with E-state index in [9.17, 15) is 16.8 Å². The molecule has 8 heteroatoms. The molecule has 1 aromatic rings. The van der Waals surface area contributed by atoms with Crippen LogP contribution in [0.2, 0.25) is 0 Å². The van der Waals surface area contributed by atoms with Gasteiger partial charge in [-0.2, -0.15) is 11.8 Å². The van der Waals surface area contributed by atoms with Crippen molar-refractivity contribution in [1.29, 1.82) is 0 Å². The molecule has 0 bridgehead atoms. The van der Waals surface area contributed by atoms with Crippen LogP contribution in [-0.2, 0) is 25.6 Å². The summed E-state index contributed by atoms with van der Waals surface area (Å²) in [7, 11) is -6.76. The average Bonchev–Trinajstić information content (AvgIpc) is 2.69. The third kappa shape index (κ3) is 3.97. The molecule has 0 unspecified atom stereocenters. The number of hydrogen-bond acceptors (Lipinski definition) is 5. The van der Waals surface area contributed by atoms with Crippen molar-refractivity contribution >= 4 is 31.6 Å². The SMILES string of the molecule is CSCc1cccc(S(=O)(=O)N[C@@H]2CCS(=O)(=O)C2)c1. The predicted octanol–water partition coefficient (Wildman–Crippen LogP) is 1.01. The highest BCUT2D eigenvalue weighted by molar-refractivity contribution is 7.97. The van der Waals surface area contributed by atoms with Crippen molar-refractivity contribution in [2.45, 2.75) is 23.1 Å². The maximum absolute atomic E-state index is 12.2. The van der Waals surface area contributed by atoms with E-state index in [2.05, 4.69) is 4.72 Å². The molecule has 1 N–H and O–H groups in total. The minimum absolute atomic E-state index is 0.0483. The summed E-state index contributed by atoms with van der Waals surface area (Å²) in [4.78, 5) is 0.188. The number of sulfone groups is 1. The van der Waals surface area contributed by atoms with E-state index in [0.29, 0.717) is 6.42 Å². The largest absolute Gasteiger partial charge is 0.240 e. The van der Waals surface area contributed by atoms with E-state index in [4.69, 9.17) is 0 Å². The minimum atomic E-state index is -3.66. The lowest BCUT2D eigenvalue weighted by Gasteiger charge is -2.12. The Morgan fingerprint density at radius 2 is 2.15 bits per heavy atom. The van der Waals surface area contributed by atoms with Gasteiger partial charge in [0.1, 0.15) is 0 Å². The Morgan fingerprint density at radius 1 is 1.40 bits per heavy atom. The Balaban J connectivity index is 2.16. The van der Waals surface area contributed by atoms with Gasteiger partial charge in [0.25, 0.3) is 0 Å². The van der Waals surface area contributed by atoms with Crippen LogP contribution < -0.4 is 4.72 Å². The molecule has 1 saturated heterocycles. The molecule has 0 aliphatic carbocycles. The lowest BCUT2D eigenvalue weighted by atomic mass is 10.2. The van der Waals surface area contributed by atoms with E-state index in [0.717, 1.165) is 11.3 Å². The maximum atomic E-state index is 12.2. The third-order valence-corrected chi connectivity index (χ3v) is 6.98. The van der Waals surface area contributed by atoms with Crippen LogP contribution in [0.1, 0.15) is 12.0 Å². The van der Waals surface area contributed by atoms with Crippen molar-refractivity contribution in [3.05, 3.63) is 29.8 Å². The molecule has 1 aromatic carbocycles. The first kappa shape index (κ1) is 15.8. The number of benzene rings is 1. The summed E-state index contributed by atoms with van der Waals surface area (Å²) in [6, 6.07) is 6.20. The first-order chi connectivity index (χ1) is 9.32. The number of thioether (sulfide) groups is 1. The number of hydrogen-bond donors (Lipinski definition) is 1. The van der Waals surface area contributed by atoms with Crippen molar-refractivity contribution in [2.75, 3.05) is 17.8 Å². The summed E-state index contributed by atoms with van der Waals surface area (Å²) >= 11 is 1.61. The molecule has 20 heavy (non-hydrogen) atoms. The van der Waals surface area contributed by atoms with Crippen molar-refractivity contribution in [2.24, 2.45) is 0 Å². The molecule has 0 radical (unpaired) electrons. The second kappa shape index (κ2) is 6.05. The van der Waals surface area contributed by atoms with Gasteiger partial charge in [0.05, 0.1) is 16.4 Å². The van der Waals surface area contributed by atoms with E-state index in [1.165, 1.54) is 6.07 Å². The zero-order valence-electron chi connectivity index (χ0n) is 11.1. The molecule has 2 rings (SSSR count). The molecule has 1 aliphatic rings. The van der Waals surface area contributed by atoms with Crippen molar-refractivity contribution in [3.63, 3.8) is 0 Å². The Bertz CT molecular complexity index is 682. The second-order valence-corrected chi connectivity index (χ2v) is 9.61. The van der Waals surface area contributed by atoms with Gasteiger partial charge in [-0.05, 0) is 30.4 Å². The monoisotopic (exact) mass is 335 g/mol. The summed E-state index contributed by atoms with van der Waals surface area (Å²) in [5.74, 6) is 0.671. The molecule has 0 aromatic heterocycles. The van der Waals surface area contributed by atoms with Gasteiger partial charge in [0.15, 0.2) is 9.84 Å². The molecule has 5 nitrogen and oxygen atoms in total. The van der Waals surface area contributed by atoms with E-state index in [-0.39, 0.29) is 16.4 Å². The standard InChI is InChI=1S/C12H17NO4S3/c1-18-8-10-3-2-4-12(7-10)20(16,17)13-11-5-6-19(14,15)9-11/h2-4,7,11,13H,5-6,8-9H2,1H3/t11-/m1/s1. The van der Waals surface area contributed by atoms with E-state index in [1.54, 1.807) is 23.9 Å². The predicted molar refractivity (Wildman–Crippen MR) is 81.0 cm³/mol.